The Balaban J connectivity index is 1.97. The monoisotopic (exact) mass is 507 g/mol. The number of anilines is 2. The molecule has 0 aliphatic heterocycles. The normalized spacial score (nSPS) is 11.6. The molecule has 10 heteroatoms. The van der Waals surface area contributed by atoms with Crippen molar-refractivity contribution in [3.05, 3.63) is 92.6 Å². The van der Waals surface area contributed by atoms with Gasteiger partial charge in [0.25, 0.3) is 11.5 Å². The first-order valence-electron chi connectivity index (χ1n) is 12.2. The van der Waals surface area contributed by atoms with Crippen LogP contribution in [0.4, 0.5) is 11.5 Å². The molecular formula is C27H33N5O5. The summed E-state index contributed by atoms with van der Waals surface area (Å²) in [5.41, 5.74) is 5.95. The van der Waals surface area contributed by atoms with Gasteiger partial charge in [-0.25, -0.2) is 4.79 Å². The number of unbranched alkanes of at least 4 members (excludes halogenated alkanes) is 1. The average Bonchev–Trinajstić information content (AvgIpc) is 2.90. The first-order valence-corrected chi connectivity index (χ1v) is 12.2. The third-order valence-corrected chi connectivity index (χ3v) is 5.96. The molecule has 37 heavy (non-hydrogen) atoms. The van der Waals surface area contributed by atoms with E-state index in [4.69, 9.17) is 10.5 Å². The number of benzene rings is 2. The standard InChI is InChI=1S/C27H33N5O5/c1-3-4-15-32-24(28)23(26(35)30-27(32)36)31(16-17-37-2)22(33)18-21(19-11-7-5-8-12-19)29-25(34)20-13-9-6-10-14-20/h5-14,21H,3-4,15-18,28H2,1-2H3,(H,29,34)(H,30,35,36)/t21-/m0/s1. The molecule has 0 unspecified atom stereocenters. The Hall–Kier alpha value is -4.18. The van der Waals surface area contributed by atoms with Crippen LogP contribution < -0.4 is 27.2 Å². The topological polar surface area (TPSA) is 140 Å². The van der Waals surface area contributed by atoms with E-state index in [-0.39, 0.29) is 37.0 Å². The number of aromatic amines is 1. The van der Waals surface area contributed by atoms with Crippen molar-refractivity contribution in [1.29, 1.82) is 0 Å². The Morgan fingerprint density at radius 1 is 1.08 bits per heavy atom. The molecule has 1 aromatic heterocycles. The molecule has 3 aromatic rings. The maximum Gasteiger partial charge on any atom is 0.330 e. The summed E-state index contributed by atoms with van der Waals surface area (Å²) in [7, 11) is 1.48. The lowest BCUT2D eigenvalue weighted by Gasteiger charge is -2.27. The van der Waals surface area contributed by atoms with E-state index in [9.17, 15) is 19.2 Å². The highest BCUT2D eigenvalue weighted by molar-refractivity contribution is 5.97. The van der Waals surface area contributed by atoms with Crippen LogP contribution in [0.2, 0.25) is 0 Å². The first-order chi connectivity index (χ1) is 17.9. The van der Waals surface area contributed by atoms with Crippen LogP contribution in [0.5, 0.6) is 0 Å². The zero-order chi connectivity index (χ0) is 26.8. The summed E-state index contributed by atoms with van der Waals surface area (Å²) in [5.74, 6) is -0.885. The number of ether oxygens (including phenoxy) is 1. The SMILES string of the molecule is CCCCn1c(N)c(N(CCOC)C(=O)C[C@H](NC(=O)c2ccccc2)c2ccccc2)c(=O)[nH]c1=O. The molecule has 196 valence electrons. The Labute approximate surface area is 215 Å². The third-order valence-electron chi connectivity index (χ3n) is 5.96. The van der Waals surface area contributed by atoms with Crippen LogP contribution in [0, 0.1) is 0 Å². The molecule has 0 aliphatic rings. The molecule has 0 spiro atoms. The van der Waals surface area contributed by atoms with Gasteiger partial charge >= 0.3 is 5.69 Å². The highest BCUT2D eigenvalue weighted by atomic mass is 16.5. The summed E-state index contributed by atoms with van der Waals surface area (Å²) in [6.45, 7) is 2.43. The zero-order valence-corrected chi connectivity index (χ0v) is 21.1. The van der Waals surface area contributed by atoms with Gasteiger partial charge in [-0.05, 0) is 24.1 Å². The molecule has 0 saturated heterocycles. The van der Waals surface area contributed by atoms with Crippen LogP contribution in [0.25, 0.3) is 0 Å². The van der Waals surface area contributed by atoms with Crippen molar-refractivity contribution in [3.8, 4) is 0 Å². The van der Waals surface area contributed by atoms with Crippen LogP contribution in [0.3, 0.4) is 0 Å². The number of hydrogen-bond acceptors (Lipinski definition) is 6. The molecule has 3 rings (SSSR count). The molecule has 4 N–H and O–H groups in total. The Kier molecular flexibility index (Phi) is 9.79. The highest BCUT2D eigenvalue weighted by Gasteiger charge is 2.27. The van der Waals surface area contributed by atoms with Crippen LogP contribution in [-0.4, -0.2) is 41.6 Å². The highest BCUT2D eigenvalue weighted by Crippen LogP contribution is 2.23. The maximum atomic E-state index is 13.7. The lowest BCUT2D eigenvalue weighted by Crippen LogP contribution is -2.44. The molecule has 0 saturated carbocycles. The molecule has 2 aromatic carbocycles. The van der Waals surface area contributed by atoms with E-state index in [1.807, 2.05) is 43.3 Å². The molecule has 0 bridgehead atoms. The lowest BCUT2D eigenvalue weighted by molar-refractivity contribution is -0.119. The number of aromatic nitrogens is 2. The van der Waals surface area contributed by atoms with Gasteiger partial charge in [0.2, 0.25) is 5.91 Å². The van der Waals surface area contributed by atoms with E-state index >= 15 is 0 Å². The largest absolute Gasteiger partial charge is 0.383 e. The van der Waals surface area contributed by atoms with Crippen molar-refractivity contribution in [2.24, 2.45) is 0 Å². The van der Waals surface area contributed by atoms with Gasteiger partial charge in [0.05, 0.1) is 19.1 Å². The van der Waals surface area contributed by atoms with Gasteiger partial charge in [-0.3, -0.25) is 23.9 Å². The number of amides is 2. The van der Waals surface area contributed by atoms with E-state index in [0.29, 0.717) is 18.5 Å². The molecule has 0 radical (unpaired) electrons. The summed E-state index contributed by atoms with van der Waals surface area (Å²) in [6, 6.07) is 17.1. The molecule has 0 aliphatic carbocycles. The molecule has 1 heterocycles. The second kappa shape index (κ2) is 13.2. The van der Waals surface area contributed by atoms with Gasteiger partial charge < -0.3 is 20.7 Å². The predicted octanol–water partition coefficient (Wildman–Crippen LogP) is 2.46. The van der Waals surface area contributed by atoms with Crippen molar-refractivity contribution in [1.82, 2.24) is 14.9 Å². The fraction of sp³-hybridized carbons (Fsp3) is 0.333. The van der Waals surface area contributed by atoms with Gasteiger partial charge in [-0.1, -0.05) is 61.9 Å². The summed E-state index contributed by atoms with van der Waals surface area (Å²) in [4.78, 5) is 55.4. The number of nitrogens with zero attached hydrogens (tertiary/aromatic N) is 2. The second-order valence-corrected chi connectivity index (χ2v) is 8.54. The Morgan fingerprint density at radius 2 is 1.73 bits per heavy atom. The van der Waals surface area contributed by atoms with E-state index in [0.717, 1.165) is 12.0 Å². The lowest BCUT2D eigenvalue weighted by atomic mass is 10.0. The number of rotatable bonds is 12. The summed E-state index contributed by atoms with van der Waals surface area (Å²) in [5, 5.41) is 2.93. The Morgan fingerprint density at radius 3 is 2.35 bits per heavy atom. The summed E-state index contributed by atoms with van der Waals surface area (Å²) < 4.78 is 6.43. The fourth-order valence-corrected chi connectivity index (χ4v) is 3.97. The molecule has 0 fully saturated rings. The minimum Gasteiger partial charge on any atom is -0.383 e. The van der Waals surface area contributed by atoms with Crippen molar-refractivity contribution in [3.63, 3.8) is 0 Å². The smallest absolute Gasteiger partial charge is 0.330 e. The van der Waals surface area contributed by atoms with Gasteiger partial charge in [0.15, 0.2) is 5.69 Å². The van der Waals surface area contributed by atoms with Gasteiger partial charge in [-0.15, -0.1) is 0 Å². The van der Waals surface area contributed by atoms with E-state index in [1.54, 1.807) is 24.3 Å². The zero-order valence-electron chi connectivity index (χ0n) is 21.1. The first kappa shape index (κ1) is 27.4. The quantitative estimate of drug-likeness (QED) is 0.344. The molecular weight excluding hydrogens is 474 g/mol. The fourth-order valence-electron chi connectivity index (χ4n) is 3.97. The minimum absolute atomic E-state index is 0.0305. The predicted molar refractivity (Wildman–Crippen MR) is 143 cm³/mol. The van der Waals surface area contributed by atoms with Crippen LogP contribution in [0.15, 0.2) is 70.3 Å². The van der Waals surface area contributed by atoms with Gasteiger partial charge in [0.1, 0.15) is 5.82 Å². The van der Waals surface area contributed by atoms with Crippen molar-refractivity contribution >= 4 is 23.3 Å². The molecule has 10 nitrogen and oxygen atoms in total. The number of H-pyrrole nitrogens is 1. The number of nitrogen functional groups attached to an aromatic ring is 1. The molecule has 1 atom stereocenters. The van der Waals surface area contributed by atoms with Crippen molar-refractivity contribution in [2.75, 3.05) is 30.9 Å². The number of nitrogens with two attached hydrogens (primary N) is 1. The van der Waals surface area contributed by atoms with E-state index in [1.165, 1.54) is 16.6 Å². The van der Waals surface area contributed by atoms with Crippen LogP contribution >= 0.6 is 0 Å². The third kappa shape index (κ3) is 6.95. The molecule has 2 amide bonds. The van der Waals surface area contributed by atoms with Crippen LogP contribution in [0.1, 0.15) is 48.1 Å². The van der Waals surface area contributed by atoms with Crippen LogP contribution in [-0.2, 0) is 16.1 Å². The van der Waals surface area contributed by atoms with E-state index in [2.05, 4.69) is 10.3 Å². The number of carbonyl (C=O) groups is 2. The Bertz CT molecular complexity index is 1300. The summed E-state index contributed by atoms with van der Waals surface area (Å²) >= 11 is 0. The number of carbonyl (C=O) groups excluding carboxylic acids is 2. The minimum atomic E-state index is -0.760. The number of methoxy groups -OCH3 is 1. The van der Waals surface area contributed by atoms with Crippen molar-refractivity contribution < 1.29 is 14.3 Å². The summed E-state index contributed by atoms with van der Waals surface area (Å²) in [6.07, 6.45) is 1.33. The average molecular weight is 508 g/mol. The van der Waals surface area contributed by atoms with Gasteiger partial charge in [0, 0.05) is 25.8 Å². The van der Waals surface area contributed by atoms with Crippen molar-refractivity contribution in [2.45, 2.75) is 38.8 Å². The van der Waals surface area contributed by atoms with E-state index < -0.39 is 23.2 Å². The van der Waals surface area contributed by atoms with Gasteiger partial charge in [-0.2, -0.15) is 0 Å². The maximum absolute atomic E-state index is 13.7. The number of nitrogens with one attached hydrogen (secondary N) is 2. The number of hydrogen-bond donors (Lipinski definition) is 3. The second-order valence-electron chi connectivity index (χ2n) is 8.54.